The number of nitrogens with two attached hydrogens (primary N) is 1. The zero-order valence-electron chi connectivity index (χ0n) is 12.7. The lowest BCUT2D eigenvalue weighted by Gasteiger charge is -2.39. The molecule has 2 aromatic carbocycles. The second-order valence-electron chi connectivity index (χ2n) is 5.86. The molecule has 0 bridgehead atoms. The van der Waals surface area contributed by atoms with Crippen molar-refractivity contribution in [2.45, 2.75) is 26.4 Å². The van der Waals surface area contributed by atoms with Crippen LogP contribution in [0.1, 0.15) is 19.4 Å². The predicted octanol–water partition coefficient (Wildman–Crippen LogP) is 3.55. The van der Waals surface area contributed by atoms with Crippen LogP contribution in [0.15, 0.2) is 36.4 Å². The van der Waals surface area contributed by atoms with Crippen LogP contribution in [0, 0.1) is 12.7 Å². The van der Waals surface area contributed by atoms with Crippen LogP contribution < -0.4 is 15.4 Å². The first-order valence-corrected chi connectivity index (χ1v) is 6.99. The van der Waals surface area contributed by atoms with Crippen LogP contribution in [-0.4, -0.2) is 11.5 Å². The van der Waals surface area contributed by atoms with Crippen LogP contribution in [0.25, 0.3) is 0 Å². The number of benzene rings is 2. The van der Waals surface area contributed by atoms with E-state index in [0.29, 0.717) is 22.8 Å². The lowest BCUT2D eigenvalue weighted by molar-refractivity contribution is -0.131. The van der Waals surface area contributed by atoms with Crippen molar-refractivity contribution in [3.05, 3.63) is 47.8 Å². The quantitative estimate of drug-likeness (QED) is 0.819. The van der Waals surface area contributed by atoms with Crippen molar-refractivity contribution in [3.8, 4) is 5.75 Å². The molecular weight excluding hydrogens is 283 g/mol. The Balaban J connectivity index is 2.26. The highest BCUT2D eigenvalue weighted by molar-refractivity contribution is 6.09. The number of hydrogen-bond donors (Lipinski definition) is 1. The van der Waals surface area contributed by atoms with E-state index in [9.17, 15) is 9.18 Å². The van der Waals surface area contributed by atoms with Crippen LogP contribution in [0.2, 0.25) is 0 Å². The molecule has 0 saturated heterocycles. The highest BCUT2D eigenvalue weighted by atomic mass is 19.1. The average Bonchev–Trinajstić information content (AvgIpc) is 2.46. The van der Waals surface area contributed by atoms with Gasteiger partial charge in [0.05, 0.1) is 5.69 Å². The molecule has 22 heavy (non-hydrogen) atoms. The molecule has 1 aliphatic rings. The summed E-state index contributed by atoms with van der Waals surface area (Å²) in [6.45, 7) is 5.25. The summed E-state index contributed by atoms with van der Waals surface area (Å²) in [5.41, 5.74) is 7.47. The number of nitrogens with zero attached hydrogens (tertiary/aromatic N) is 1. The number of hydrogen-bond acceptors (Lipinski definition) is 3. The Labute approximate surface area is 128 Å². The third-order valence-corrected chi connectivity index (χ3v) is 3.83. The minimum absolute atomic E-state index is 0.222. The highest BCUT2D eigenvalue weighted by Crippen LogP contribution is 2.45. The SMILES string of the molecule is Cc1c(N)ccc2c1N(c1ccc(F)cc1)C(=O)C(C)(C)O2. The molecule has 0 aromatic heterocycles. The summed E-state index contributed by atoms with van der Waals surface area (Å²) in [5.74, 6) is 0.00849. The van der Waals surface area contributed by atoms with Gasteiger partial charge in [0.1, 0.15) is 11.6 Å². The molecular formula is C17H17FN2O2. The smallest absolute Gasteiger partial charge is 0.275 e. The van der Waals surface area contributed by atoms with E-state index in [-0.39, 0.29) is 11.7 Å². The zero-order chi connectivity index (χ0) is 16.1. The Morgan fingerprint density at radius 1 is 1.14 bits per heavy atom. The molecule has 0 unspecified atom stereocenters. The Kier molecular flexibility index (Phi) is 3.09. The van der Waals surface area contributed by atoms with Crippen molar-refractivity contribution in [3.63, 3.8) is 0 Å². The van der Waals surface area contributed by atoms with Crippen molar-refractivity contribution in [1.29, 1.82) is 0 Å². The van der Waals surface area contributed by atoms with Gasteiger partial charge in [0.15, 0.2) is 5.60 Å². The molecule has 0 atom stereocenters. The van der Waals surface area contributed by atoms with Crippen molar-refractivity contribution in [2.24, 2.45) is 0 Å². The third kappa shape index (κ3) is 2.09. The summed E-state index contributed by atoms with van der Waals surface area (Å²) in [6.07, 6.45) is 0. The topological polar surface area (TPSA) is 55.6 Å². The van der Waals surface area contributed by atoms with Crippen molar-refractivity contribution in [2.75, 3.05) is 10.6 Å². The van der Waals surface area contributed by atoms with Gasteiger partial charge in [0, 0.05) is 11.4 Å². The van der Waals surface area contributed by atoms with Gasteiger partial charge >= 0.3 is 0 Å². The average molecular weight is 300 g/mol. The summed E-state index contributed by atoms with van der Waals surface area (Å²) in [7, 11) is 0. The normalized spacial score (nSPS) is 16.2. The summed E-state index contributed by atoms with van der Waals surface area (Å²) in [6, 6.07) is 9.30. The van der Waals surface area contributed by atoms with Crippen molar-refractivity contribution in [1.82, 2.24) is 0 Å². The minimum atomic E-state index is -1.01. The van der Waals surface area contributed by atoms with Gasteiger partial charge in [-0.05, 0) is 62.7 Å². The summed E-state index contributed by atoms with van der Waals surface area (Å²) in [5, 5.41) is 0. The monoisotopic (exact) mass is 300 g/mol. The fourth-order valence-corrected chi connectivity index (χ4v) is 2.58. The van der Waals surface area contributed by atoms with Crippen LogP contribution in [0.5, 0.6) is 5.75 Å². The molecule has 114 valence electrons. The maximum absolute atomic E-state index is 13.2. The Morgan fingerprint density at radius 2 is 1.77 bits per heavy atom. The van der Waals surface area contributed by atoms with Crippen molar-refractivity contribution < 1.29 is 13.9 Å². The van der Waals surface area contributed by atoms with Gasteiger partial charge in [-0.25, -0.2) is 4.39 Å². The molecule has 4 nitrogen and oxygen atoms in total. The first-order chi connectivity index (χ1) is 10.3. The van der Waals surface area contributed by atoms with Gasteiger partial charge in [-0.2, -0.15) is 0 Å². The van der Waals surface area contributed by atoms with Crippen LogP contribution in [0.4, 0.5) is 21.5 Å². The molecule has 2 N–H and O–H groups in total. The molecule has 0 saturated carbocycles. The van der Waals surface area contributed by atoms with E-state index in [4.69, 9.17) is 10.5 Å². The van der Waals surface area contributed by atoms with E-state index in [2.05, 4.69) is 0 Å². The lowest BCUT2D eigenvalue weighted by atomic mass is 10.00. The van der Waals surface area contributed by atoms with Gasteiger partial charge in [0.25, 0.3) is 5.91 Å². The van der Waals surface area contributed by atoms with Crippen molar-refractivity contribution >= 4 is 23.0 Å². The summed E-state index contributed by atoms with van der Waals surface area (Å²) < 4.78 is 19.0. The number of fused-ring (bicyclic) bond motifs is 1. The first-order valence-electron chi connectivity index (χ1n) is 6.99. The van der Waals surface area contributed by atoms with Gasteiger partial charge in [-0.3, -0.25) is 9.69 Å². The Morgan fingerprint density at radius 3 is 2.41 bits per heavy atom. The molecule has 3 rings (SSSR count). The van der Waals surface area contributed by atoms with Crippen LogP contribution in [-0.2, 0) is 4.79 Å². The molecule has 5 heteroatoms. The maximum atomic E-state index is 13.2. The van der Waals surface area contributed by atoms with Crippen LogP contribution >= 0.6 is 0 Å². The van der Waals surface area contributed by atoms with Gasteiger partial charge in [-0.1, -0.05) is 0 Å². The molecule has 2 aromatic rings. The maximum Gasteiger partial charge on any atom is 0.275 e. The largest absolute Gasteiger partial charge is 0.476 e. The minimum Gasteiger partial charge on any atom is -0.476 e. The molecule has 0 aliphatic carbocycles. The van der Waals surface area contributed by atoms with E-state index < -0.39 is 5.60 Å². The summed E-state index contributed by atoms with van der Waals surface area (Å²) >= 11 is 0. The molecule has 1 heterocycles. The van der Waals surface area contributed by atoms with E-state index >= 15 is 0 Å². The van der Waals surface area contributed by atoms with E-state index in [1.54, 1.807) is 43.0 Å². The van der Waals surface area contributed by atoms with Gasteiger partial charge in [0.2, 0.25) is 0 Å². The highest BCUT2D eigenvalue weighted by Gasteiger charge is 2.42. The molecule has 1 amide bonds. The number of carbonyl (C=O) groups excluding carboxylic acids is 1. The van der Waals surface area contributed by atoms with Gasteiger partial charge < -0.3 is 10.5 Å². The molecule has 0 spiro atoms. The number of amides is 1. The number of rotatable bonds is 1. The number of carbonyl (C=O) groups is 1. The first kappa shape index (κ1) is 14.4. The summed E-state index contributed by atoms with van der Waals surface area (Å²) in [4.78, 5) is 14.4. The lowest BCUT2D eigenvalue weighted by Crippen LogP contribution is -2.50. The fourth-order valence-electron chi connectivity index (χ4n) is 2.58. The van der Waals surface area contributed by atoms with Crippen LogP contribution in [0.3, 0.4) is 0 Å². The standard InChI is InChI=1S/C17H17FN2O2/c1-10-13(19)8-9-14-15(10)20(16(21)17(2,3)22-14)12-6-4-11(18)5-7-12/h4-9H,19H2,1-3H3. The zero-order valence-corrected chi connectivity index (χ0v) is 12.7. The molecule has 0 fully saturated rings. The predicted molar refractivity (Wildman–Crippen MR) is 83.8 cm³/mol. The number of ether oxygens (including phenoxy) is 1. The Bertz CT molecular complexity index is 754. The number of halogens is 1. The third-order valence-electron chi connectivity index (χ3n) is 3.83. The molecule has 1 aliphatic heterocycles. The Hall–Kier alpha value is -2.56. The van der Waals surface area contributed by atoms with E-state index in [1.807, 2.05) is 6.92 Å². The second kappa shape index (κ2) is 4.73. The fraction of sp³-hybridized carbons (Fsp3) is 0.235. The van der Waals surface area contributed by atoms with Gasteiger partial charge in [-0.15, -0.1) is 0 Å². The molecule has 0 radical (unpaired) electrons. The second-order valence-corrected chi connectivity index (χ2v) is 5.86. The van der Waals surface area contributed by atoms with E-state index in [0.717, 1.165) is 5.56 Å². The number of nitrogen functional groups attached to an aromatic ring is 1. The number of anilines is 3. The van der Waals surface area contributed by atoms with E-state index in [1.165, 1.54) is 12.1 Å².